The molecule has 1 heterocycles. The molecule has 0 aliphatic carbocycles. The van der Waals surface area contributed by atoms with E-state index in [9.17, 15) is 9.59 Å². The maximum Gasteiger partial charge on any atom is 0.317 e. The van der Waals surface area contributed by atoms with Crippen LogP contribution < -0.4 is 11.1 Å². The zero-order chi connectivity index (χ0) is 10.6. The summed E-state index contributed by atoms with van der Waals surface area (Å²) in [5.41, 5.74) is 5.62. The number of likely N-dealkylation sites (tertiary alicyclic amines) is 1. The molecule has 4 N–H and O–H groups in total. The van der Waals surface area contributed by atoms with Gasteiger partial charge in [0.25, 0.3) is 0 Å². The van der Waals surface area contributed by atoms with Crippen molar-refractivity contribution >= 4 is 12.0 Å². The molecule has 0 aromatic carbocycles. The highest BCUT2D eigenvalue weighted by molar-refractivity contribution is 5.75. The molecule has 0 radical (unpaired) electrons. The quantitative estimate of drug-likeness (QED) is 0.557. The van der Waals surface area contributed by atoms with E-state index in [2.05, 4.69) is 5.32 Å². The molecule has 6 heteroatoms. The van der Waals surface area contributed by atoms with E-state index in [0.717, 1.165) is 6.42 Å². The van der Waals surface area contributed by atoms with E-state index in [4.69, 9.17) is 10.8 Å². The first-order chi connectivity index (χ1) is 6.59. The molecule has 0 aromatic heterocycles. The lowest BCUT2D eigenvalue weighted by molar-refractivity contribution is -0.136. The van der Waals surface area contributed by atoms with E-state index in [1.54, 1.807) is 4.90 Å². The van der Waals surface area contributed by atoms with Crippen LogP contribution in [0.2, 0.25) is 0 Å². The van der Waals surface area contributed by atoms with Gasteiger partial charge in [0.15, 0.2) is 0 Å². The summed E-state index contributed by atoms with van der Waals surface area (Å²) in [6.07, 6.45) is 0.762. The SMILES string of the molecule is NC1CCN(C(=O)NCCC(=O)O)C1. The summed E-state index contributed by atoms with van der Waals surface area (Å²) in [5, 5.41) is 10.9. The Hall–Kier alpha value is -1.30. The third-order valence-corrected chi connectivity index (χ3v) is 2.13. The Bertz CT molecular complexity index is 232. The number of nitrogens with one attached hydrogen (secondary N) is 1. The maximum atomic E-state index is 11.3. The van der Waals surface area contributed by atoms with E-state index >= 15 is 0 Å². The summed E-state index contributed by atoms with van der Waals surface area (Å²) in [7, 11) is 0. The number of carboxylic acid groups (broad SMARTS) is 1. The molecule has 80 valence electrons. The van der Waals surface area contributed by atoms with Gasteiger partial charge in [-0.3, -0.25) is 4.79 Å². The van der Waals surface area contributed by atoms with Gasteiger partial charge in [0.2, 0.25) is 0 Å². The van der Waals surface area contributed by atoms with Crippen LogP contribution in [0.5, 0.6) is 0 Å². The van der Waals surface area contributed by atoms with E-state index < -0.39 is 5.97 Å². The average molecular weight is 201 g/mol. The van der Waals surface area contributed by atoms with Crippen LogP contribution in [0.25, 0.3) is 0 Å². The van der Waals surface area contributed by atoms with Gasteiger partial charge in [0, 0.05) is 25.7 Å². The average Bonchev–Trinajstić information content (AvgIpc) is 2.51. The number of carboxylic acids is 1. The molecule has 1 unspecified atom stereocenters. The van der Waals surface area contributed by atoms with Gasteiger partial charge in [-0.2, -0.15) is 0 Å². The monoisotopic (exact) mass is 201 g/mol. The van der Waals surface area contributed by atoms with Gasteiger partial charge in [-0.25, -0.2) is 4.79 Å². The van der Waals surface area contributed by atoms with Gasteiger partial charge in [0.1, 0.15) is 0 Å². The molecule has 1 aliphatic heterocycles. The van der Waals surface area contributed by atoms with Crippen molar-refractivity contribution in [1.82, 2.24) is 10.2 Å². The van der Waals surface area contributed by atoms with Crippen molar-refractivity contribution < 1.29 is 14.7 Å². The second-order valence-electron chi connectivity index (χ2n) is 3.37. The number of carbonyl (C=O) groups is 2. The second-order valence-corrected chi connectivity index (χ2v) is 3.37. The third kappa shape index (κ3) is 3.21. The van der Waals surface area contributed by atoms with Crippen molar-refractivity contribution in [2.75, 3.05) is 19.6 Å². The standard InChI is InChI=1S/C8H15N3O3/c9-6-2-4-11(5-6)8(14)10-3-1-7(12)13/h6H,1-5,9H2,(H,10,14)(H,12,13). The lowest BCUT2D eigenvalue weighted by atomic mass is 10.3. The molecule has 1 fully saturated rings. The molecule has 1 rings (SSSR count). The highest BCUT2D eigenvalue weighted by Gasteiger charge is 2.22. The number of nitrogens with zero attached hydrogens (tertiary/aromatic N) is 1. The number of amides is 2. The molecule has 1 aliphatic rings. The van der Waals surface area contributed by atoms with Crippen molar-refractivity contribution in [3.05, 3.63) is 0 Å². The lowest BCUT2D eigenvalue weighted by Gasteiger charge is -2.15. The molecule has 2 amide bonds. The number of rotatable bonds is 3. The predicted octanol–water partition coefficient (Wildman–Crippen LogP) is -0.796. The third-order valence-electron chi connectivity index (χ3n) is 2.13. The Morgan fingerprint density at radius 1 is 1.57 bits per heavy atom. The predicted molar refractivity (Wildman–Crippen MR) is 49.8 cm³/mol. The van der Waals surface area contributed by atoms with Crippen LogP contribution in [-0.2, 0) is 4.79 Å². The first kappa shape index (κ1) is 10.8. The van der Waals surface area contributed by atoms with Crippen molar-refractivity contribution in [3.8, 4) is 0 Å². The fourth-order valence-corrected chi connectivity index (χ4v) is 1.36. The molecular weight excluding hydrogens is 186 g/mol. The van der Waals surface area contributed by atoms with Crippen LogP contribution in [0.3, 0.4) is 0 Å². The lowest BCUT2D eigenvalue weighted by Crippen LogP contribution is -2.40. The summed E-state index contributed by atoms with van der Waals surface area (Å²) >= 11 is 0. The zero-order valence-corrected chi connectivity index (χ0v) is 7.90. The molecule has 0 saturated carbocycles. The van der Waals surface area contributed by atoms with Crippen LogP contribution >= 0.6 is 0 Å². The highest BCUT2D eigenvalue weighted by atomic mass is 16.4. The van der Waals surface area contributed by atoms with Crippen LogP contribution in [0.1, 0.15) is 12.8 Å². The van der Waals surface area contributed by atoms with Gasteiger partial charge in [0.05, 0.1) is 6.42 Å². The van der Waals surface area contributed by atoms with Crippen LogP contribution in [0.4, 0.5) is 4.79 Å². The fraction of sp³-hybridized carbons (Fsp3) is 0.750. The number of urea groups is 1. The highest BCUT2D eigenvalue weighted by Crippen LogP contribution is 2.06. The van der Waals surface area contributed by atoms with E-state index in [0.29, 0.717) is 13.1 Å². The van der Waals surface area contributed by atoms with Crippen LogP contribution in [0, 0.1) is 0 Å². The van der Waals surface area contributed by atoms with Gasteiger partial charge in [-0.15, -0.1) is 0 Å². The molecule has 0 aromatic rings. The molecule has 1 saturated heterocycles. The summed E-state index contributed by atoms with van der Waals surface area (Å²) in [5.74, 6) is -0.913. The van der Waals surface area contributed by atoms with E-state index in [1.807, 2.05) is 0 Å². The minimum absolute atomic E-state index is 0.0500. The first-order valence-corrected chi connectivity index (χ1v) is 4.59. The normalized spacial score (nSPS) is 20.9. The van der Waals surface area contributed by atoms with Gasteiger partial charge in [-0.1, -0.05) is 0 Å². The van der Waals surface area contributed by atoms with Crippen molar-refractivity contribution in [2.45, 2.75) is 18.9 Å². The Labute approximate surface area is 82.1 Å². The molecule has 1 atom stereocenters. The Morgan fingerprint density at radius 3 is 2.79 bits per heavy atom. The van der Waals surface area contributed by atoms with Crippen molar-refractivity contribution in [1.29, 1.82) is 0 Å². The number of hydrogen-bond acceptors (Lipinski definition) is 3. The molecule has 14 heavy (non-hydrogen) atoms. The fourth-order valence-electron chi connectivity index (χ4n) is 1.36. The summed E-state index contributed by atoms with van der Waals surface area (Å²) in [6, 6.07) is -0.167. The van der Waals surface area contributed by atoms with Crippen LogP contribution in [-0.4, -0.2) is 47.7 Å². The van der Waals surface area contributed by atoms with Crippen molar-refractivity contribution in [2.24, 2.45) is 5.73 Å². The van der Waals surface area contributed by atoms with Gasteiger partial charge >= 0.3 is 12.0 Å². The number of aliphatic carboxylic acids is 1. The Balaban J connectivity index is 2.18. The maximum absolute atomic E-state index is 11.3. The second kappa shape index (κ2) is 4.80. The minimum Gasteiger partial charge on any atom is -0.481 e. The summed E-state index contributed by atoms with van der Waals surface area (Å²) < 4.78 is 0. The zero-order valence-electron chi connectivity index (χ0n) is 7.90. The summed E-state index contributed by atoms with van der Waals surface area (Å²) in [6.45, 7) is 1.37. The number of nitrogens with two attached hydrogens (primary N) is 1. The van der Waals surface area contributed by atoms with Gasteiger partial charge in [-0.05, 0) is 6.42 Å². The van der Waals surface area contributed by atoms with E-state index in [1.165, 1.54) is 0 Å². The first-order valence-electron chi connectivity index (χ1n) is 4.59. The largest absolute Gasteiger partial charge is 0.481 e. The summed E-state index contributed by atoms with van der Waals surface area (Å²) in [4.78, 5) is 23.1. The molecular formula is C8H15N3O3. The molecule has 0 spiro atoms. The molecule has 0 bridgehead atoms. The number of carbonyl (C=O) groups excluding carboxylic acids is 1. The van der Waals surface area contributed by atoms with E-state index in [-0.39, 0.29) is 25.0 Å². The minimum atomic E-state index is -0.913. The smallest absolute Gasteiger partial charge is 0.317 e. The molecule has 6 nitrogen and oxygen atoms in total. The van der Waals surface area contributed by atoms with Crippen molar-refractivity contribution in [3.63, 3.8) is 0 Å². The Morgan fingerprint density at radius 2 is 2.29 bits per heavy atom. The topological polar surface area (TPSA) is 95.7 Å². The van der Waals surface area contributed by atoms with Crippen LogP contribution in [0.15, 0.2) is 0 Å². The van der Waals surface area contributed by atoms with Gasteiger partial charge < -0.3 is 21.1 Å². The number of hydrogen-bond donors (Lipinski definition) is 3. The Kier molecular flexibility index (Phi) is 3.70.